The topological polar surface area (TPSA) is 0 Å². The van der Waals surface area contributed by atoms with Crippen molar-refractivity contribution in [1.29, 1.82) is 0 Å². The average Bonchev–Trinajstić information content (AvgIpc) is 3.39. The van der Waals surface area contributed by atoms with E-state index in [1.807, 2.05) is 0 Å². The van der Waals surface area contributed by atoms with Crippen LogP contribution < -0.4 is 15.9 Å². The highest BCUT2D eigenvalue weighted by Gasteiger charge is 2.36. The fourth-order valence-electron chi connectivity index (χ4n) is 9.22. The number of hydrogen-bond donors (Lipinski definition) is 0. The van der Waals surface area contributed by atoms with Crippen LogP contribution in [0.5, 0.6) is 0 Å². The lowest BCUT2D eigenvalue weighted by Gasteiger charge is -2.36. The first-order chi connectivity index (χ1) is 27.6. The Morgan fingerprint density at radius 3 is 1.30 bits per heavy atom. The SMILES string of the molecule is C[N+]1(Cc2ccccc2P(c2ccccc2)c2ccccc2)Cc2c(-c3ccccc3)cc3ccccc3c2-c2c(c(-c3ccccc3)cc3ccccc23)C1. The molecule has 0 aliphatic carbocycles. The minimum Gasteiger partial charge on any atom is -0.315 e. The van der Waals surface area contributed by atoms with Gasteiger partial charge in [-0.2, -0.15) is 0 Å². The summed E-state index contributed by atoms with van der Waals surface area (Å²) < 4.78 is 0.833. The van der Waals surface area contributed by atoms with E-state index in [4.69, 9.17) is 0 Å². The van der Waals surface area contributed by atoms with E-state index in [2.05, 4.69) is 213 Å². The summed E-state index contributed by atoms with van der Waals surface area (Å²) in [5.74, 6) is 0. The predicted octanol–water partition coefficient (Wildman–Crippen LogP) is 12.4. The number of rotatable bonds is 7. The van der Waals surface area contributed by atoms with Gasteiger partial charge in [0.2, 0.25) is 0 Å². The van der Waals surface area contributed by atoms with Crippen LogP contribution in [-0.4, -0.2) is 11.5 Å². The zero-order valence-electron chi connectivity index (χ0n) is 31.6. The molecular weight excluding hydrogens is 694 g/mol. The summed E-state index contributed by atoms with van der Waals surface area (Å²) in [6, 6.07) is 76.8. The minimum absolute atomic E-state index is 0.770. The maximum absolute atomic E-state index is 2.51. The van der Waals surface area contributed by atoms with E-state index >= 15 is 0 Å². The van der Waals surface area contributed by atoms with E-state index < -0.39 is 7.92 Å². The number of hydrogen-bond acceptors (Lipinski definition) is 0. The van der Waals surface area contributed by atoms with Crippen LogP contribution in [0.1, 0.15) is 16.7 Å². The lowest BCUT2D eigenvalue weighted by molar-refractivity contribution is -0.947. The lowest BCUT2D eigenvalue weighted by Crippen LogP contribution is -2.42. The zero-order chi connectivity index (χ0) is 37.5. The molecule has 1 aliphatic rings. The van der Waals surface area contributed by atoms with Gasteiger partial charge in [-0.25, -0.2) is 0 Å². The van der Waals surface area contributed by atoms with Gasteiger partial charge in [0.05, 0.1) is 7.05 Å². The van der Waals surface area contributed by atoms with Crippen LogP contribution in [0.25, 0.3) is 54.9 Å². The van der Waals surface area contributed by atoms with Crippen molar-refractivity contribution in [3.63, 3.8) is 0 Å². The highest BCUT2D eigenvalue weighted by molar-refractivity contribution is 7.79. The average molecular weight is 737 g/mol. The Kier molecular flexibility index (Phi) is 8.91. The van der Waals surface area contributed by atoms with Gasteiger partial charge in [0, 0.05) is 27.8 Å². The fraction of sp³-hybridized carbons (Fsp3) is 0.0741. The molecule has 0 saturated carbocycles. The van der Waals surface area contributed by atoms with Gasteiger partial charge in [-0.1, -0.05) is 194 Å². The Bertz CT molecular complexity index is 2660. The fourth-order valence-corrected chi connectivity index (χ4v) is 11.7. The third kappa shape index (κ3) is 6.24. The van der Waals surface area contributed by atoms with Crippen LogP contribution in [-0.2, 0) is 19.6 Å². The first-order valence-electron chi connectivity index (χ1n) is 19.7. The highest BCUT2D eigenvalue weighted by Crippen LogP contribution is 2.50. The molecule has 10 rings (SSSR count). The third-order valence-electron chi connectivity index (χ3n) is 11.6. The Hall–Kier alpha value is -6.11. The van der Waals surface area contributed by atoms with Gasteiger partial charge in [0.1, 0.15) is 19.6 Å². The molecule has 0 radical (unpaired) electrons. The molecule has 0 amide bonds. The number of fused-ring (bicyclic) bond motifs is 7. The summed E-state index contributed by atoms with van der Waals surface area (Å²) in [6.07, 6.45) is 0. The van der Waals surface area contributed by atoms with E-state index in [0.717, 1.165) is 24.1 Å². The van der Waals surface area contributed by atoms with Crippen molar-refractivity contribution >= 4 is 45.4 Å². The quantitative estimate of drug-likeness (QED) is 0.113. The van der Waals surface area contributed by atoms with Gasteiger partial charge >= 0.3 is 0 Å². The molecule has 0 spiro atoms. The second-order valence-corrected chi connectivity index (χ2v) is 17.6. The molecule has 1 aliphatic heterocycles. The van der Waals surface area contributed by atoms with Crippen molar-refractivity contribution in [3.05, 3.63) is 223 Å². The molecule has 0 saturated heterocycles. The predicted molar refractivity (Wildman–Crippen MR) is 240 cm³/mol. The molecule has 0 N–H and O–H groups in total. The molecule has 0 fully saturated rings. The van der Waals surface area contributed by atoms with Crippen molar-refractivity contribution in [2.45, 2.75) is 19.6 Å². The van der Waals surface area contributed by atoms with Crippen molar-refractivity contribution in [2.24, 2.45) is 0 Å². The molecular formula is C54H43NP+. The second-order valence-electron chi connectivity index (χ2n) is 15.5. The van der Waals surface area contributed by atoms with E-state index in [1.54, 1.807) is 0 Å². The van der Waals surface area contributed by atoms with Crippen LogP contribution in [0.4, 0.5) is 0 Å². The molecule has 9 aromatic carbocycles. The van der Waals surface area contributed by atoms with Crippen LogP contribution in [0.15, 0.2) is 206 Å². The smallest absolute Gasteiger partial charge is 0.106 e. The Morgan fingerprint density at radius 2 is 0.821 bits per heavy atom. The van der Waals surface area contributed by atoms with Gasteiger partial charge in [-0.3, -0.25) is 0 Å². The third-order valence-corrected chi connectivity index (χ3v) is 14.2. The first-order valence-corrected chi connectivity index (χ1v) is 21.0. The van der Waals surface area contributed by atoms with Crippen molar-refractivity contribution < 1.29 is 4.48 Å². The molecule has 1 heterocycles. The molecule has 0 aromatic heterocycles. The van der Waals surface area contributed by atoms with E-state index in [-0.39, 0.29) is 0 Å². The summed E-state index contributed by atoms with van der Waals surface area (Å²) in [5.41, 5.74) is 12.2. The van der Waals surface area contributed by atoms with E-state index in [0.29, 0.717) is 0 Å². The van der Waals surface area contributed by atoms with Crippen LogP contribution in [0.2, 0.25) is 0 Å². The summed E-state index contributed by atoms with van der Waals surface area (Å²) in [6.45, 7) is 2.69. The summed E-state index contributed by atoms with van der Waals surface area (Å²) in [7, 11) is 1.74. The Morgan fingerprint density at radius 1 is 0.429 bits per heavy atom. The van der Waals surface area contributed by atoms with Crippen LogP contribution >= 0.6 is 7.92 Å². The lowest BCUT2D eigenvalue weighted by atomic mass is 9.82. The maximum Gasteiger partial charge on any atom is 0.106 e. The highest BCUT2D eigenvalue weighted by atomic mass is 31.1. The van der Waals surface area contributed by atoms with Gasteiger partial charge in [-0.15, -0.1) is 0 Å². The van der Waals surface area contributed by atoms with Gasteiger partial charge in [0.25, 0.3) is 0 Å². The molecule has 1 nitrogen and oxygen atoms in total. The molecule has 9 aromatic rings. The second kappa shape index (κ2) is 14.5. The van der Waals surface area contributed by atoms with Crippen molar-refractivity contribution in [3.8, 4) is 33.4 Å². The summed E-state index contributed by atoms with van der Waals surface area (Å²) in [4.78, 5) is 0. The molecule has 0 atom stereocenters. The summed E-state index contributed by atoms with van der Waals surface area (Å²) >= 11 is 0. The molecule has 0 bridgehead atoms. The Labute approximate surface area is 331 Å². The van der Waals surface area contributed by atoms with Crippen LogP contribution in [0.3, 0.4) is 0 Å². The normalized spacial score (nSPS) is 13.3. The number of nitrogens with zero attached hydrogens (tertiary/aromatic N) is 1. The molecule has 268 valence electrons. The largest absolute Gasteiger partial charge is 0.315 e. The van der Waals surface area contributed by atoms with E-state index in [9.17, 15) is 0 Å². The number of quaternary nitrogens is 1. The van der Waals surface area contributed by atoms with Crippen LogP contribution in [0, 0.1) is 0 Å². The standard InChI is InChI=1S/C54H43NP/c1-55(36-43-26-16-19-33-52(43)56(44-27-10-4-11-28-44)45-29-12-5-13-30-45)37-50-48(39-20-6-2-7-21-39)34-41-24-14-17-31-46(41)53(50)54-47-32-18-15-25-42(47)35-49(51(54)38-55)40-22-8-3-9-23-40/h2-35H,36-38H2,1H3/q+1. The maximum atomic E-state index is 2.51. The Balaban J connectivity index is 1.26. The molecule has 56 heavy (non-hydrogen) atoms. The van der Waals surface area contributed by atoms with Gasteiger partial charge in [0.15, 0.2) is 0 Å². The van der Waals surface area contributed by atoms with Gasteiger partial charge < -0.3 is 4.48 Å². The molecule has 2 heteroatoms. The molecule has 0 unspecified atom stereocenters. The first kappa shape index (κ1) is 34.4. The van der Waals surface area contributed by atoms with Gasteiger partial charge in [-0.05, 0) is 79.8 Å². The monoisotopic (exact) mass is 736 g/mol. The van der Waals surface area contributed by atoms with E-state index in [1.165, 1.54) is 87.5 Å². The van der Waals surface area contributed by atoms with Crippen molar-refractivity contribution in [1.82, 2.24) is 0 Å². The summed E-state index contributed by atoms with van der Waals surface area (Å²) in [5, 5.41) is 9.41. The zero-order valence-corrected chi connectivity index (χ0v) is 32.5. The number of benzene rings is 9. The van der Waals surface area contributed by atoms with Crippen molar-refractivity contribution in [2.75, 3.05) is 7.05 Å². The minimum atomic E-state index is -0.770.